The van der Waals surface area contributed by atoms with Gasteiger partial charge in [-0.3, -0.25) is 4.79 Å². The summed E-state index contributed by atoms with van der Waals surface area (Å²) in [6.45, 7) is 0.469. The Morgan fingerprint density at radius 3 is 2.43 bits per heavy atom. The third-order valence-corrected chi connectivity index (χ3v) is 3.74. The van der Waals surface area contributed by atoms with Gasteiger partial charge in [0.25, 0.3) is 5.91 Å². The van der Waals surface area contributed by atoms with Crippen molar-refractivity contribution in [1.82, 2.24) is 15.5 Å². The Bertz CT molecular complexity index is 936. The predicted octanol–water partition coefficient (Wildman–Crippen LogP) is 2.59. The van der Waals surface area contributed by atoms with Crippen molar-refractivity contribution in [1.29, 1.82) is 5.26 Å². The van der Waals surface area contributed by atoms with Gasteiger partial charge in [0.1, 0.15) is 12.4 Å². The standard InChI is InChI=1S/C21H18N4O3/c22-14-16-6-8-18(9-7-16)28-15-20(26)23-12-13-27-21-11-10-19(24-25-21)17-4-2-1-3-5-17/h1-11H,12-13,15H2,(H,23,26). The van der Waals surface area contributed by atoms with Gasteiger partial charge in [0.2, 0.25) is 5.88 Å². The molecule has 1 aromatic heterocycles. The summed E-state index contributed by atoms with van der Waals surface area (Å²) >= 11 is 0. The van der Waals surface area contributed by atoms with E-state index in [0.29, 0.717) is 23.7 Å². The topological polar surface area (TPSA) is 97.1 Å². The summed E-state index contributed by atoms with van der Waals surface area (Å²) in [4.78, 5) is 11.8. The average Bonchev–Trinajstić information content (AvgIpc) is 2.76. The SMILES string of the molecule is N#Cc1ccc(OCC(=O)NCCOc2ccc(-c3ccccc3)nn2)cc1. The van der Waals surface area contributed by atoms with E-state index < -0.39 is 0 Å². The van der Waals surface area contributed by atoms with Crippen molar-refractivity contribution in [3.05, 3.63) is 72.3 Å². The lowest BCUT2D eigenvalue weighted by Gasteiger charge is -2.08. The molecule has 0 aliphatic carbocycles. The van der Waals surface area contributed by atoms with Crippen LogP contribution in [0, 0.1) is 11.3 Å². The molecule has 1 heterocycles. The maximum absolute atomic E-state index is 11.8. The molecule has 0 bridgehead atoms. The summed E-state index contributed by atoms with van der Waals surface area (Å²) < 4.78 is 10.8. The molecule has 0 saturated heterocycles. The molecule has 1 amide bonds. The van der Waals surface area contributed by atoms with Gasteiger partial charge in [-0.05, 0) is 30.3 Å². The molecule has 28 heavy (non-hydrogen) atoms. The zero-order valence-electron chi connectivity index (χ0n) is 15.0. The van der Waals surface area contributed by atoms with Crippen molar-refractivity contribution in [2.45, 2.75) is 0 Å². The Morgan fingerprint density at radius 1 is 0.964 bits per heavy atom. The number of amides is 1. The third kappa shape index (κ3) is 5.54. The van der Waals surface area contributed by atoms with Crippen molar-refractivity contribution >= 4 is 5.91 Å². The number of nitrogens with one attached hydrogen (secondary N) is 1. The highest BCUT2D eigenvalue weighted by molar-refractivity contribution is 5.77. The molecule has 3 aromatic rings. The molecule has 0 unspecified atom stereocenters. The monoisotopic (exact) mass is 374 g/mol. The van der Waals surface area contributed by atoms with E-state index in [2.05, 4.69) is 15.5 Å². The van der Waals surface area contributed by atoms with E-state index in [9.17, 15) is 4.79 Å². The smallest absolute Gasteiger partial charge is 0.258 e. The van der Waals surface area contributed by atoms with Crippen LogP contribution in [-0.2, 0) is 4.79 Å². The Hall–Kier alpha value is -3.92. The van der Waals surface area contributed by atoms with Gasteiger partial charge in [0.05, 0.1) is 23.9 Å². The van der Waals surface area contributed by atoms with Crippen LogP contribution < -0.4 is 14.8 Å². The first kappa shape index (κ1) is 18.9. The van der Waals surface area contributed by atoms with Crippen LogP contribution >= 0.6 is 0 Å². The molecule has 0 aliphatic heterocycles. The van der Waals surface area contributed by atoms with Crippen LogP contribution in [0.25, 0.3) is 11.3 Å². The number of hydrogen-bond acceptors (Lipinski definition) is 6. The first-order valence-electron chi connectivity index (χ1n) is 8.66. The highest BCUT2D eigenvalue weighted by atomic mass is 16.5. The van der Waals surface area contributed by atoms with Gasteiger partial charge in [-0.1, -0.05) is 30.3 Å². The lowest BCUT2D eigenvalue weighted by molar-refractivity contribution is -0.123. The fourth-order valence-electron chi connectivity index (χ4n) is 2.33. The van der Waals surface area contributed by atoms with E-state index in [4.69, 9.17) is 14.7 Å². The maximum atomic E-state index is 11.8. The fourth-order valence-corrected chi connectivity index (χ4v) is 2.33. The fraction of sp³-hybridized carbons (Fsp3) is 0.143. The van der Waals surface area contributed by atoms with Crippen LogP contribution in [0.1, 0.15) is 5.56 Å². The second kappa shape index (κ2) is 9.69. The van der Waals surface area contributed by atoms with Crippen LogP contribution in [0.15, 0.2) is 66.7 Å². The lowest BCUT2D eigenvalue weighted by atomic mass is 10.1. The molecule has 7 heteroatoms. The second-order valence-electron chi connectivity index (χ2n) is 5.75. The van der Waals surface area contributed by atoms with E-state index >= 15 is 0 Å². The van der Waals surface area contributed by atoms with E-state index in [1.54, 1.807) is 30.3 Å². The first-order valence-corrected chi connectivity index (χ1v) is 8.66. The minimum absolute atomic E-state index is 0.114. The van der Waals surface area contributed by atoms with Crippen molar-refractivity contribution in [2.75, 3.05) is 19.8 Å². The molecular formula is C21H18N4O3. The number of aromatic nitrogens is 2. The van der Waals surface area contributed by atoms with Gasteiger partial charge in [0.15, 0.2) is 6.61 Å². The van der Waals surface area contributed by atoms with Gasteiger partial charge >= 0.3 is 0 Å². The quantitative estimate of drug-likeness (QED) is 0.609. The van der Waals surface area contributed by atoms with Gasteiger partial charge in [-0.25, -0.2) is 0 Å². The number of carbonyl (C=O) groups excluding carboxylic acids is 1. The highest BCUT2D eigenvalue weighted by Gasteiger charge is 2.04. The molecule has 0 spiro atoms. The number of nitriles is 1. The normalized spacial score (nSPS) is 9.96. The van der Waals surface area contributed by atoms with Crippen LogP contribution in [0.2, 0.25) is 0 Å². The minimum atomic E-state index is -0.265. The third-order valence-electron chi connectivity index (χ3n) is 3.74. The summed E-state index contributed by atoms with van der Waals surface area (Å²) in [7, 11) is 0. The molecule has 3 rings (SSSR count). The van der Waals surface area contributed by atoms with Gasteiger partial charge in [-0.15, -0.1) is 10.2 Å². The Morgan fingerprint density at radius 2 is 1.75 bits per heavy atom. The van der Waals surface area contributed by atoms with Crippen LogP contribution in [0.3, 0.4) is 0 Å². The van der Waals surface area contributed by atoms with Crippen LogP contribution in [-0.4, -0.2) is 35.9 Å². The second-order valence-corrected chi connectivity index (χ2v) is 5.75. The Balaban J connectivity index is 1.36. The molecule has 0 radical (unpaired) electrons. The summed E-state index contributed by atoms with van der Waals surface area (Å²) in [5.41, 5.74) is 2.28. The number of ether oxygens (including phenoxy) is 2. The van der Waals surface area contributed by atoms with Gasteiger partial charge in [-0.2, -0.15) is 5.26 Å². The molecular weight excluding hydrogens is 356 g/mol. The van der Waals surface area contributed by atoms with Crippen LogP contribution in [0.5, 0.6) is 11.6 Å². The zero-order valence-corrected chi connectivity index (χ0v) is 15.0. The molecule has 0 atom stereocenters. The first-order chi connectivity index (χ1) is 13.7. The number of carbonyl (C=O) groups is 1. The predicted molar refractivity (Wildman–Crippen MR) is 103 cm³/mol. The van der Waals surface area contributed by atoms with Gasteiger partial charge < -0.3 is 14.8 Å². The molecule has 0 fully saturated rings. The number of rotatable bonds is 8. The van der Waals surface area contributed by atoms with Crippen LogP contribution in [0.4, 0.5) is 0 Å². The minimum Gasteiger partial charge on any atom is -0.484 e. The highest BCUT2D eigenvalue weighted by Crippen LogP contribution is 2.16. The largest absolute Gasteiger partial charge is 0.484 e. The van der Waals surface area contributed by atoms with Gasteiger partial charge in [0, 0.05) is 11.6 Å². The Kier molecular flexibility index (Phi) is 6.53. The number of nitrogens with zero attached hydrogens (tertiary/aromatic N) is 3. The van der Waals surface area contributed by atoms with E-state index in [1.807, 2.05) is 42.5 Å². The number of hydrogen-bond donors (Lipinski definition) is 1. The van der Waals surface area contributed by atoms with Crippen molar-refractivity contribution in [2.24, 2.45) is 0 Å². The summed E-state index contributed by atoms with van der Waals surface area (Å²) in [6.07, 6.45) is 0. The molecule has 0 aliphatic rings. The molecule has 2 aromatic carbocycles. The van der Waals surface area contributed by atoms with Crippen molar-refractivity contribution in [3.63, 3.8) is 0 Å². The molecule has 1 N–H and O–H groups in total. The van der Waals surface area contributed by atoms with E-state index in [1.165, 1.54) is 0 Å². The zero-order chi connectivity index (χ0) is 19.6. The van der Waals surface area contributed by atoms with E-state index in [-0.39, 0.29) is 19.1 Å². The maximum Gasteiger partial charge on any atom is 0.258 e. The summed E-state index contributed by atoms with van der Waals surface area (Å²) in [5, 5.41) is 19.6. The number of benzene rings is 2. The summed E-state index contributed by atoms with van der Waals surface area (Å²) in [6, 6.07) is 21.9. The van der Waals surface area contributed by atoms with Crippen molar-refractivity contribution in [3.8, 4) is 29.0 Å². The molecule has 0 saturated carbocycles. The Labute approximate surface area is 162 Å². The lowest BCUT2D eigenvalue weighted by Crippen LogP contribution is -2.32. The van der Waals surface area contributed by atoms with Crippen molar-refractivity contribution < 1.29 is 14.3 Å². The average molecular weight is 374 g/mol. The molecule has 7 nitrogen and oxygen atoms in total. The molecule has 140 valence electrons. The summed E-state index contributed by atoms with van der Waals surface area (Å²) in [5.74, 6) is 0.653. The van der Waals surface area contributed by atoms with E-state index in [0.717, 1.165) is 11.3 Å².